The third-order valence-electron chi connectivity index (χ3n) is 4.01. The van der Waals surface area contributed by atoms with Crippen molar-refractivity contribution in [2.24, 2.45) is 0 Å². The minimum atomic E-state index is -0.459. The van der Waals surface area contributed by atoms with Crippen LogP contribution in [-0.4, -0.2) is 5.11 Å². The van der Waals surface area contributed by atoms with Gasteiger partial charge in [-0.25, -0.2) is 0 Å². The first-order valence-corrected chi connectivity index (χ1v) is 8.94. The first kappa shape index (κ1) is 15.4. The zero-order chi connectivity index (χ0) is 14.8. The van der Waals surface area contributed by atoms with Crippen molar-refractivity contribution in [3.05, 3.63) is 55.2 Å². The van der Waals surface area contributed by atoms with Gasteiger partial charge in [-0.2, -0.15) is 0 Å². The molecular weight excluding hydrogens is 323 g/mol. The van der Waals surface area contributed by atoms with Crippen molar-refractivity contribution < 1.29 is 5.11 Å². The minimum absolute atomic E-state index is 0.459. The van der Waals surface area contributed by atoms with E-state index in [9.17, 15) is 5.11 Å². The molecule has 0 radical (unpaired) electrons. The number of hydrogen-bond donors (Lipinski definition) is 1. The molecule has 1 aromatic heterocycles. The zero-order valence-electron chi connectivity index (χ0n) is 11.7. The number of hydrogen-bond acceptors (Lipinski definition) is 2. The summed E-state index contributed by atoms with van der Waals surface area (Å²) in [6, 6.07) is 7.75. The van der Waals surface area contributed by atoms with E-state index < -0.39 is 6.10 Å². The highest BCUT2D eigenvalue weighted by molar-refractivity contribution is 7.12. The molecule has 112 valence electrons. The Labute approximate surface area is 139 Å². The second kappa shape index (κ2) is 6.70. The van der Waals surface area contributed by atoms with Crippen LogP contribution in [0.3, 0.4) is 0 Å². The summed E-state index contributed by atoms with van der Waals surface area (Å²) < 4.78 is 0. The van der Waals surface area contributed by atoms with E-state index in [0.29, 0.717) is 16.5 Å². The van der Waals surface area contributed by atoms with Gasteiger partial charge in [0.15, 0.2) is 0 Å². The van der Waals surface area contributed by atoms with Gasteiger partial charge in [0.05, 0.1) is 16.1 Å². The van der Waals surface area contributed by atoms with Crippen molar-refractivity contribution in [2.45, 2.75) is 44.6 Å². The molecule has 0 saturated carbocycles. The fourth-order valence-corrected chi connectivity index (χ4v) is 4.41. The summed E-state index contributed by atoms with van der Waals surface area (Å²) in [5.41, 5.74) is 2.46. The van der Waals surface area contributed by atoms with Crippen LogP contribution in [-0.2, 0) is 19.3 Å². The molecule has 0 saturated heterocycles. The van der Waals surface area contributed by atoms with Crippen LogP contribution in [0.5, 0.6) is 0 Å². The molecule has 1 N–H and O–H groups in total. The van der Waals surface area contributed by atoms with Crippen molar-refractivity contribution in [1.82, 2.24) is 0 Å². The number of thiophene rings is 1. The van der Waals surface area contributed by atoms with Crippen LogP contribution in [0.2, 0.25) is 10.0 Å². The Balaban J connectivity index is 1.75. The molecule has 0 bridgehead atoms. The number of aryl methyl sites for hydroxylation is 2. The Hall–Kier alpha value is -0.540. The summed E-state index contributed by atoms with van der Waals surface area (Å²) >= 11 is 13.7. The molecule has 1 nitrogen and oxygen atoms in total. The second-order valence-electron chi connectivity index (χ2n) is 5.63. The van der Waals surface area contributed by atoms with Crippen molar-refractivity contribution >= 4 is 34.5 Å². The highest BCUT2D eigenvalue weighted by Crippen LogP contribution is 2.34. The maximum absolute atomic E-state index is 10.5. The Morgan fingerprint density at radius 2 is 1.86 bits per heavy atom. The summed E-state index contributed by atoms with van der Waals surface area (Å²) in [6.07, 6.45) is 6.31. The summed E-state index contributed by atoms with van der Waals surface area (Å²) in [6.45, 7) is 0. The predicted molar refractivity (Wildman–Crippen MR) is 90.7 cm³/mol. The molecule has 0 fully saturated rings. The van der Waals surface area contributed by atoms with Gasteiger partial charge >= 0.3 is 0 Å². The van der Waals surface area contributed by atoms with E-state index >= 15 is 0 Å². The number of halogens is 2. The second-order valence-corrected chi connectivity index (χ2v) is 7.61. The Morgan fingerprint density at radius 1 is 1.05 bits per heavy atom. The molecule has 1 heterocycles. The molecule has 0 aliphatic heterocycles. The molecule has 21 heavy (non-hydrogen) atoms. The first-order valence-electron chi connectivity index (χ1n) is 7.37. The lowest BCUT2D eigenvalue weighted by Crippen LogP contribution is -1.99. The van der Waals surface area contributed by atoms with E-state index in [-0.39, 0.29) is 0 Å². The molecule has 1 aliphatic rings. The maximum Gasteiger partial charge on any atom is 0.0922 e. The third-order valence-corrected chi connectivity index (χ3v) is 6.08. The normalized spacial score (nSPS) is 16.3. The van der Waals surface area contributed by atoms with Crippen molar-refractivity contribution in [2.75, 3.05) is 0 Å². The van der Waals surface area contributed by atoms with Gasteiger partial charge in [-0.1, -0.05) is 35.7 Å². The fraction of sp³-hybridized carbons (Fsp3) is 0.412. The van der Waals surface area contributed by atoms with Gasteiger partial charge in [0, 0.05) is 16.2 Å². The molecule has 2 aromatic rings. The number of rotatable bonds is 3. The largest absolute Gasteiger partial charge is 0.387 e. The quantitative estimate of drug-likeness (QED) is 0.721. The molecule has 1 aliphatic carbocycles. The summed E-state index contributed by atoms with van der Waals surface area (Å²) in [5.74, 6) is 0. The number of fused-ring (bicyclic) bond motifs is 1. The summed E-state index contributed by atoms with van der Waals surface area (Å²) in [7, 11) is 0. The van der Waals surface area contributed by atoms with E-state index in [4.69, 9.17) is 23.2 Å². The smallest absolute Gasteiger partial charge is 0.0922 e. The van der Waals surface area contributed by atoms with Crippen LogP contribution in [0, 0.1) is 0 Å². The molecule has 1 unspecified atom stereocenters. The molecular formula is C17H18Cl2OS. The average molecular weight is 341 g/mol. The number of benzene rings is 1. The maximum atomic E-state index is 10.5. The SMILES string of the molecule is OC(Cc1ccc(Cl)c(Cl)c1)c1cc2c(s1)CCCCC2. The van der Waals surface area contributed by atoms with E-state index in [1.54, 1.807) is 17.4 Å². The van der Waals surface area contributed by atoms with E-state index in [1.165, 1.54) is 36.1 Å². The number of aliphatic hydroxyl groups is 1. The van der Waals surface area contributed by atoms with Crippen LogP contribution in [0.4, 0.5) is 0 Å². The minimum Gasteiger partial charge on any atom is -0.387 e. The van der Waals surface area contributed by atoms with Crippen LogP contribution in [0.25, 0.3) is 0 Å². The van der Waals surface area contributed by atoms with E-state index in [0.717, 1.165) is 16.9 Å². The van der Waals surface area contributed by atoms with Crippen LogP contribution in [0.15, 0.2) is 24.3 Å². The third kappa shape index (κ3) is 3.62. The van der Waals surface area contributed by atoms with Crippen LogP contribution in [0.1, 0.15) is 46.2 Å². The van der Waals surface area contributed by atoms with E-state index in [2.05, 4.69) is 6.07 Å². The fourth-order valence-electron chi connectivity index (χ4n) is 2.85. The topological polar surface area (TPSA) is 20.2 Å². The lowest BCUT2D eigenvalue weighted by atomic mass is 10.1. The van der Waals surface area contributed by atoms with Gasteiger partial charge in [0.25, 0.3) is 0 Å². The average Bonchev–Trinajstić information content (AvgIpc) is 2.74. The molecule has 3 rings (SSSR count). The standard InChI is InChI=1S/C17H18Cl2OS/c18-13-7-6-11(8-14(13)19)9-15(20)17-10-12-4-2-1-3-5-16(12)21-17/h6-8,10,15,20H,1-5,9H2. The summed E-state index contributed by atoms with van der Waals surface area (Å²) in [5, 5.41) is 11.6. The first-order chi connectivity index (χ1) is 10.1. The lowest BCUT2D eigenvalue weighted by Gasteiger charge is -2.09. The molecule has 1 atom stereocenters. The number of aliphatic hydroxyl groups excluding tert-OH is 1. The lowest BCUT2D eigenvalue weighted by molar-refractivity contribution is 0.182. The molecule has 0 amide bonds. The van der Waals surface area contributed by atoms with E-state index in [1.807, 2.05) is 12.1 Å². The van der Waals surface area contributed by atoms with Crippen molar-refractivity contribution in [1.29, 1.82) is 0 Å². The molecule has 0 spiro atoms. The van der Waals surface area contributed by atoms with Gasteiger partial charge in [-0.05, 0) is 55.0 Å². The Bertz CT molecular complexity index is 612. The van der Waals surface area contributed by atoms with Gasteiger partial charge in [0.2, 0.25) is 0 Å². The molecule has 1 aromatic carbocycles. The monoisotopic (exact) mass is 340 g/mol. The van der Waals surface area contributed by atoms with Crippen molar-refractivity contribution in [3.8, 4) is 0 Å². The Kier molecular flexibility index (Phi) is 4.90. The predicted octanol–water partition coefficient (Wildman–Crippen LogP) is 5.60. The highest BCUT2D eigenvalue weighted by atomic mass is 35.5. The van der Waals surface area contributed by atoms with Gasteiger partial charge < -0.3 is 5.11 Å². The van der Waals surface area contributed by atoms with Crippen LogP contribution >= 0.6 is 34.5 Å². The Morgan fingerprint density at radius 3 is 2.67 bits per heavy atom. The summed E-state index contributed by atoms with van der Waals surface area (Å²) in [4.78, 5) is 2.55. The van der Waals surface area contributed by atoms with Gasteiger partial charge in [-0.15, -0.1) is 11.3 Å². The van der Waals surface area contributed by atoms with Crippen LogP contribution < -0.4 is 0 Å². The van der Waals surface area contributed by atoms with Gasteiger partial charge in [-0.3, -0.25) is 0 Å². The zero-order valence-corrected chi connectivity index (χ0v) is 14.1. The van der Waals surface area contributed by atoms with Gasteiger partial charge in [0.1, 0.15) is 0 Å². The highest BCUT2D eigenvalue weighted by Gasteiger charge is 2.17. The van der Waals surface area contributed by atoms with Crippen molar-refractivity contribution in [3.63, 3.8) is 0 Å². The molecule has 4 heteroatoms.